The normalized spacial score (nSPS) is 10.3. The highest BCUT2D eigenvalue weighted by Gasteiger charge is 2.14. The quantitative estimate of drug-likeness (QED) is 0.766. The van der Waals surface area contributed by atoms with Crippen molar-refractivity contribution in [2.75, 3.05) is 5.32 Å². The summed E-state index contributed by atoms with van der Waals surface area (Å²) in [4.78, 5) is 12.1. The minimum absolute atomic E-state index is 0.201. The van der Waals surface area contributed by atoms with E-state index in [9.17, 15) is 4.79 Å². The molecule has 2 aromatic carbocycles. The van der Waals surface area contributed by atoms with Crippen LogP contribution in [-0.4, -0.2) is 5.91 Å². The predicted molar refractivity (Wildman–Crippen MR) is 80.9 cm³/mol. The number of hydrogen-bond donors (Lipinski definition) is 1. The van der Waals surface area contributed by atoms with Crippen molar-refractivity contribution in [2.45, 2.75) is 0 Å². The molecule has 6 heteroatoms. The van der Waals surface area contributed by atoms with Gasteiger partial charge in [0.15, 0.2) is 0 Å². The number of benzene rings is 2. The molecule has 0 fully saturated rings. The summed E-state index contributed by atoms with van der Waals surface area (Å²) in [7, 11) is 0. The van der Waals surface area contributed by atoms with Gasteiger partial charge in [-0.3, -0.25) is 4.79 Å². The smallest absolute Gasteiger partial charge is 0.257 e. The van der Waals surface area contributed by atoms with Crippen LogP contribution in [0, 0.1) is 0 Å². The first-order chi connectivity index (χ1) is 8.99. The maximum Gasteiger partial charge on any atom is 0.257 e. The highest BCUT2D eigenvalue weighted by molar-refractivity contribution is 6.44. The fourth-order valence-corrected chi connectivity index (χ4v) is 2.30. The Labute approximate surface area is 130 Å². The fraction of sp³-hybridized carbons (Fsp3) is 0. The van der Waals surface area contributed by atoms with Crippen LogP contribution in [0.5, 0.6) is 0 Å². The molecule has 2 nitrogen and oxygen atoms in total. The third kappa shape index (κ3) is 3.34. The maximum absolute atomic E-state index is 12.1. The summed E-state index contributed by atoms with van der Waals surface area (Å²) >= 11 is 23.6. The summed E-state index contributed by atoms with van der Waals surface area (Å²) in [5.74, 6) is -0.392. The van der Waals surface area contributed by atoms with E-state index in [-0.39, 0.29) is 10.6 Å². The molecule has 0 aromatic heterocycles. The summed E-state index contributed by atoms with van der Waals surface area (Å²) < 4.78 is 0. The Bertz CT molecular complexity index is 643. The lowest BCUT2D eigenvalue weighted by Crippen LogP contribution is -2.12. The third-order valence-electron chi connectivity index (χ3n) is 2.38. The topological polar surface area (TPSA) is 29.1 Å². The fourth-order valence-electron chi connectivity index (χ4n) is 1.46. The second-order valence-corrected chi connectivity index (χ2v) is 5.31. The number of rotatable bonds is 2. The van der Waals surface area contributed by atoms with Gasteiger partial charge in [0.2, 0.25) is 0 Å². The molecule has 0 radical (unpaired) electrons. The number of hydrogen-bond acceptors (Lipinski definition) is 1. The number of carbonyl (C=O) groups excluding carboxylic acids is 1. The summed E-state index contributed by atoms with van der Waals surface area (Å²) in [5.41, 5.74) is 0.729. The van der Waals surface area contributed by atoms with Gasteiger partial charge >= 0.3 is 0 Å². The van der Waals surface area contributed by atoms with Gasteiger partial charge in [-0.05, 0) is 30.3 Å². The molecule has 0 aliphatic heterocycles. The van der Waals surface area contributed by atoms with Gasteiger partial charge in [-0.1, -0.05) is 52.5 Å². The van der Waals surface area contributed by atoms with Crippen molar-refractivity contribution in [1.29, 1.82) is 0 Å². The zero-order chi connectivity index (χ0) is 14.0. The van der Waals surface area contributed by atoms with E-state index < -0.39 is 5.91 Å². The minimum atomic E-state index is -0.392. The molecular formula is C13H7Cl4NO. The lowest BCUT2D eigenvalue weighted by molar-refractivity contribution is 0.102. The van der Waals surface area contributed by atoms with Crippen LogP contribution >= 0.6 is 46.4 Å². The molecule has 19 heavy (non-hydrogen) atoms. The number of carbonyl (C=O) groups is 1. The van der Waals surface area contributed by atoms with Gasteiger partial charge in [0.25, 0.3) is 5.91 Å². The van der Waals surface area contributed by atoms with E-state index in [1.807, 2.05) is 0 Å². The second kappa shape index (κ2) is 6.02. The summed E-state index contributed by atoms with van der Waals surface area (Å²) in [5, 5.41) is 4.00. The highest BCUT2D eigenvalue weighted by Crippen LogP contribution is 2.29. The lowest BCUT2D eigenvalue weighted by Gasteiger charge is -2.09. The standard InChI is InChI=1S/C13H7Cl4NO/c14-7-4-5-11(10(16)6-7)18-13(19)8-2-1-3-9(15)12(8)17/h1-6H,(H,18,19). The molecular weight excluding hydrogens is 328 g/mol. The molecule has 2 aromatic rings. The van der Waals surface area contributed by atoms with Crippen molar-refractivity contribution in [3.8, 4) is 0 Å². The van der Waals surface area contributed by atoms with Crippen LogP contribution in [0.15, 0.2) is 36.4 Å². The Kier molecular flexibility index (Phi) is 4.58. The van der Waals surface area contributed by atoms with Gasteiger partial charge in [0, 0.05) is 5.02 Å². The van der Waals surface area contributed by atoms with Crippen LogP contribution in [0.2, 0.25) is 20.1 Å². The first-order valence-electron chi connectivity index (χ1n) is 5.19. The molecule has 0 unspecified atom stereocenters. The molecule has 1 N–H and O–H groups in total. The van der Waals surface area contributed by atoms with Gasteiger partial charge in [0.05, 0.1) is 26.3 Å². The summed E-state index contributed by atoms with van der Waals surface area (Å²) in [6.45, 7) is 0. The predicted octanol–water partition coefficient (Wildman–Crippen LogP) is 5.55. The molecule has 0 saturated heterocycles. The molecule has 0 atom stereocenters. The van der Waals surface area contributed by atoms with Crippen LogP contribution in [0.3, 0.4) is 0 Å². The number of anilines is 1. The average Bonchev–Trinajstić information content (AvgIpc) is 2.36. The molecule has 2 rings (SSSR count). The molecule has 0 aliphatic carbocycles. The Balaban J connectivity index is 2.28. The Morgan fingerprint density at radius 3 is 2.37 bits per heavy atom. The maximum atomic E-state index is 12.1. The number of amides is 1. The van der Waals surface area contributed by atoms with Crippen molar-refractivity contribution in [2.24, 2.45) is 0 Å². The zero-order valence-electron chi connectivity index (χ0n) is 9.38. The minimum Gasteiger partial charge on any atom is -0.321 e. The van der Waals surface area contributed by atoms with Crippen LogP contribution in [0.25, 0.3) is 0 Å². The Hall–Kier alpha value is -0.930. The van der Waals surface area contributed by atoms with Crippen LogP contribution in [-0.2, 0) is 0 Å². The molecule has 98 valence electrons. The van der Waals surface area contributed by atoms with Crippen LogP contribution < -0.4 is 5.32 Å². The van der Waals surface area contributed by atoms with Crippen molar-refractivity contribution in [3.63, 3.8) is 0 Å². The number of nitrogens with one attached hydrogen (secondary N) is 1. The monoisotopic (exact) mass is 333 g/mol. The van der Waals surface area contributed by atoms with Crippen molar-refractivity contribution >= 4 is 58.0 Å². The first-order valence-corrected chi connectivity index (χ1v) is 6.70. The van der Waals surface area contributed by atoms with Gasteiger partial charge in [-0.2, -0.15) is 0 Å². The SMILES string of the molecule is O=C(Nc1ccc(Cl)cc1Cl)c1cccc(Cl)c1Cl. The van der Waals surface area contributed by atoms with E-state index in [1.54, 1.807) is 30.3 Å². The van der Waals surface area contributed by atoms with Crippen molar-refractivity contribution in [1.82, 2.24) is 0 Å². The third-order valence-corrected chi connectivity index (χ3v) is 3.74. The van der Waals surface area contributed by atoms with E-state index in [0.29, 0.717) is 20.8 Å². The molecule has 0 heterocycles. The van der Waals surface area contributed by atoms with Crippen LogP contribution in [0.1, 0.15) is 10.4 Å². The van der Waals surface area contributed by atoms with Gasteiger partial charge in [0.1, 0.15) is 0 Å². The Morgan fingerprint density at radius 2 is 1.68 bits per heavy atom. The molecule has 0 aliphatic rings. The summed E-state index contributed by atoms with van der Waals surface area (Å²) in [6.07, 6.45) is 0. The van der Waals surface area contributed by atoms with E-state index in [0.717, 1.165) is 0 Å². The van der Waals surface area contributed by atoms with Crippen molar-refractivity contribution < 1.29 is 4.79 Å². The zero-order valence-corrected chi connectivity index (χ0v) is 12.4. The molecule has 0 spiro atoms. The lowest BCUT2D eigenvalue weighted by atomic mass is 10.2. The second-order valence-electron chi connectivity index (χ2n) is 3.68. The largest absolute Gasteiger partial charge is 0.321 e. The van der Waals surface area contributed by atoms with Gasteiger partial charge < -0.3 is 5.32 Å². The average molecular weight is 335 g/mol. The van der Waals surface area contributed by atoms with Gasteiger partial charge in [-0.15, -0.1) is 0 Å². The van der Waals surface area contributed by atoms with E-state index >= 15 is 0 Å². The molecule has 0 saturated carbocycles. The van der Waals surface area contributed by atoms with E-state index in [4.69, 9.17) is 46.4 Å². The van der Waals surface area contributed by atoms with Crippen LogP contribution in [0.4, 0.5) is 5.69 Å². The highest BCUT2D eigenvalue weighted by atomic mass is 35.5. The number of halogens is 4. The molecule has 1 amide bonds. The van der Waals surface area contributed by atoms with Crippen molar-refractivity contribution in [3.05, 3.63) is 62.1 Å². The van der Waals surface area contributed by atoms with E-state index in [2.05, 4.69) is 5.32 Å². The van der Waals surface area contributed by atoms with E-state index in [1.165, 1.54) is 6.07 Å². The summed E-state index contributed by atoms with van der Waals surface area (Å²) in [6, 6.07) is 9.61. The van der Waals surface area contributed by atoms with Gasteiger partial charge in [-0.25, -0.2) is 0 Å². The Morgan fingerprint density at radius 1 is 0.947 bits per heavy atom. The first kappa shape index (κ1) is 14.5. The molecule has 0 bridgehead atoms.